The number of halogens is 2. The van der Waals surface area contributed by atoms with Gasteiger partial charge in [-0.2, -0.15) is 0 Å². The quantitative estimate of drug-likeness (QED) is 0.873. The van der Waals surface area contributed by atoms with E-state index in [4.69, 9.17) is 28.9 Å². The lowest BCUT2D eigenvalue weighted by Crippen LogP contribution is -2.38. The number of rotatable bonds is 5. The van der Waals surface area contributed by atoms with E-state index in [-0.39, 0.29) is 17.5 Å². The summed E-state index contributed by atoms with van der Waals surface area (Å²) in [6.45, 7) is 1.97. The maximum absolute atomic E-state index is 12.1. The molecule has 1 aromatic carbocycles. The molecule has 1 unspecified atom stereocenters. The number of nitrogens with two attached hydrogens (primary N) is 1. The molecule has 0 spiro atoms. The fourth-order valence-corrected chi connectivity index (χ4v) is 3.50. The highest BCUT2D eigenvalue weighted by atomic mass is 35.5. The van der Waals surface area contributed by atoms with Crippen molar-refractivity contribution in [2.24, 2.45) is 11.7 Å². The van der Waals surface area contributed by atoms with Crippen LogP contribution >= 0.6 is 23.2 Å². The average molecular weight is 323 g/mol. The molecular formula is C12H16Cl2N2O2S. The minimum Gasteiger partial charge on any atom is -0.326 e. The molecule has 0 radical (unpaired) electrons. The van der Waals surface area contributed by atoms with Crippen LogP contribution in [0.5, 0.6) is 0 Å². The van der Waals surface area contributed by atoms with E-state index in [2.05, 4.69) is 4.72 Å². The molecular weight excluding hydrogens is 307 g/mol. The van der Waals surface area contributed by atoms with Crippen LogP contribution in [0.4, 0.5) is 0 Å². The van der Waals surface area contributed by atoms with Gasteiger partial charge in [-0.25, -0.2) is 13.1 Å². The summed E-state index contributed by atoms with van der Waals surface area (Å²) in [6.07, 6.45) is 2.15. The van der Waals surface area contributed by atoms with Gasteiger partial charge in [0.25, 0.3) is 0 Å². The van der Waals surface area contributed by atoms with Crippen molar-refractivity contribution in [3.63, 3.8) is 0 Å². The first-order valence-corrected chi connectivity index (χ1v) is 8.26. The monoisotopic (exact) mass is 322 g/mol. The molecule has 0 aliphatic heterocycles. The van der Waals surface area contributed by atoms with Crippen LogP contribution in [-0.4, -0.2) is 21.0 Å². The van der Waals surface area contributed by atoms with Crippen LogP contribution in [0.2, 0.25) is 10.0 Å². The Labute approximate surface area is 123 Å². The number of benzene rings is 1. The van der Waals surface area contributed by atoms with E-state index in [1.54, 1.807) is 6.92 Å². The summed E-state index contributed by atoms with van der Waals surface area (Å²) in [4.78, 5) is 0.0658. The zero-order valence-corrected chi connectivity index (χ0v) is 12.8. The van der Waals surface area contributed by atoms with E-state index >= 15 is 0 Å². The molecule has 0 bridgehead atoms. The largest absolute Gasteiger partial charge is 0.326 e. The highest BCUT2D eigenvalue weighted by Crippen LogP contribution is 2.31. The zero-order valence-electron chi connectivity index (χ0n) is 10.5. The maximum Gasteiger partial charge on any atom is 0.240 e. The van der Waals surface area contributed by atoms with Crippen LogP contribution in [0.1, 0.15) is 18.4 Å². The topological polar surface area (TPSA) is 72.2 Å². The average Bonchev–Trinajstić information content (AvgIpc) is 3.16. The summed E-state index contributed by atoms with van der Waals surface area (Å²) in [7, 11) is -3.62. The first-order chi connectivity index (χ1) is 8.81. The SMILES string of the molecule is Cc1c(Cl)cc(S(=O)(=O)NCC(N)C2CC2)cc1Cl. The van der Waals surface area contributed by atoms with E-state index in [1.807, 2.05) is 0 Å². The van der Waals surface area contributed by atoms with Crippen molar-refractivity contribution in [3.05, 3.63) is 27.7 Å². The van der Waals surface area contributed by atoms with Gasteiger partial charge in [-0.15, -0.1) is 0 Å². The Kier molecular flexibility index (Phi) is 4.42. The molecule has 1 saturated carbocycles. The van der Waals surface area contributed by atoms with Crippen molar-refractivity contribution in [2.75, 3.05) is 6.54 Å². The molecule has 0 heterocycles. The van der Waals surface area contributed by atoms with Crippen LogP contribution < -0.4 is 10.5 Å². The molecule has 7 heteroatoms. The molecule has 0 amide bonds. The van der Waals surface area contributed by atoms with Gasteiger partial charge in [0.2, 0.25) is 10.0 Å². The van der Waals surface area contributed by atoms with Crippen molar-refractivity contribution in [2.45, 2.75) is 30.7 Å². The van der Waals surface area contributed by atoms with E-state index < -0.39 is 10.0 Å². The predicted molar refractivity (Wildman–Crippen MR) is 77.1 cm³/mol. The first-order valence-electron chi connectivity index (χ1n) is 6.02. The molecule has 1 fully saturated rings. The van der Waals surface area contributed by atoms with Crippen LogP contribution in [0.15, 0.2) is 17.0 Å². The fourth-order valence-electron chi connectivity index (χ4n) is 1.76. The van der Waals surface area contributed by atoms with E-state index in [0.29, 0.717) is 21.5 Å². The minimum absolute atomic E-state index is 0.0658. The summed E-state index contributed by atoms with van der Waals surface area (Å²) in [5.74, 6) is 0.438. The third-order valence-electron chi connectivity index (χ3n) is 3.30. The van der Waals surface area contributed by atoms with Crippen molar-refractivity contribution < 1.29 is 8.42 Å². The lowest BCUT2D eigenvalue weighted by molar-refractivity contribution is 0.547. The number of hydrogen-bond acceptors (Lipinski definition) is 3. The Hall–Kier alpha value is -0.330. The lowest BCUT2D eigenvalue weighted by atomic mass is 10.2. The first kappa shape index (κ1) is 15.1. The van der Waals surface area contributed by atoms with Crippen LogP contribution in [0.25, 0.3) is 0 Å². The zero-order chi connectivity index (χ0) is 14.2. The van der Waals surface area contributed by atoms with Gasteiger partial charge in [0.1, 0.15) is 0 Å². The summed E-state index contributed by atoms with van der Waals surface area (Å²) in [5, 5.41) is 0.665. The molecule has 106 valence electrons. The Morgan fingerprint density at radius 2 is 1.89 bits per heavy atom. The normalized spacial score (nSPS) is 17.5. The van der Waals surface area contributed by atoms with Crippen molar-refractivity contribution in [3.8, 4) is 0 Å². The number of hydrogen-bond donors (Lipinski definition) is 2. The number of sulfonamides is 1. The summed E-state index contributed by atoms with van der Waals surface area (Å²) in [6, 6.07) is 2.66. The predicted octanol–water partition coefficient (Wildman–Crippen LogP) is 2.32. The van der Waals surface area contributed by atoms with Gasteiger partial charge in [-0.3, -0.25) is 0 Å². The van der Waals surface area contributed by atoms with Gasteiger partial charge >= 0.3 is 0 Å². The van der Waals surface area contributed by atoms with E-state index in [9.17, 15) is 8.42 Å². The number of nitrogens with one attached hydrogen (secondary N) is 1. The molecule has 1 atom stereocenters. The molecule has 19 heavy (non-hydrogen) atoms. The van der Waals surface area contributed by atoms with Crippen LogP contribution in [0.3, 0.4) is 0 Å². The molecule has 0 saturated heterocycles. The maximum atomic E-state index is 12.1. The molecule has 3 N–H and O–H groups in total. The Morgan fingerprint density at radius 1 is 1.37 bits per heavy atom. The highest BCUT2D eigenvalue weighted by Gasteiger charge is 2.29. The van der Waals surface area contributed by atoms with E-state index in [1.165, 1.54) is 12.1 Å². The van der Waals surface area contributed by atoms with Crippen molar-refractivity contribution in [1.82, 2.24) is 4.72 Å². The second kappa shape index (κ2) is 5.58. The van der Waals surface area contributed by atoms with Gasteiger partial charge in [0.15, 0.2) is 0 Å². The Bertz CT molecular complexity index is 562. The molecule has 1 aliphatic carbocycles. The minimum atomic E-state index is -3.62. The molecule has 2 rings (SSSR count). The van der Waals surface area contributed by atoms with Gasteiger partial charge in [0, 0.05) is 22.6 Å². The Morgan fingerprint density at radius 3 is 2.37 bits per heavy atom. The summed E-state index contributed by atoms with van der Waals surface area (Å²) >= 11 is 11.9. The third-order valence-corrected chi connectivity index (χ3v) is 5.49. The van der Waals surface area contributed by atoms with Crippen LogP contribution in [-0.2, 0) is 10.0 Å². The van der Waals surface area contributed by atoms with Crippen LogP contribution in [0, 0.1) is 12.8 Å². The summed E-state index contributed by atoms with van der Waals surface area (Å²) < 4.78 is 26.7. The standard InChI is InChI=1S/C12H16Cl2N2O2S/c1-7-10(13)4-9(5-11(7)14)19(17,18)16-6-12(15)8-2-3-8/h4-5,8,12,16H,2-3,6,15H2,1H3. The van der Waals surface area contributed by atoms with Gasteiger partial charge in [0.05, 0.1) is 4.90 Å². The third kappa shape index (κ3) is 3.61. The van der Waals surface area contributed by atoms with Gasteiger partial charge < -0.3 is 5.73 Å². The molecule has 4 nitrogen and oxygen atoms in total. The highest BCUT2D eigenvalue weighted by molar-refractivity contribution is 7.89. The smallest absolute Gasteiger partial charge is 0.240 e. The van der Waals surface area contributed by atoms with Crippen molar-refractivity contribution in [1.29, 1.82) is 0 Å². The van der Waals surface area contributed by atoms with Gasteiger partial charge in [-0.05, 0) is 43.4 Å². The van der Waals surface area contributed by atoms with Gasteiger partial charge in [-0.1, -0.05) is 23.2 Å². The fraction of sp³-hybridized carbons (Fsp3) is 0.500. The second-order valence-corrected chi connectivity index (χ2v) is 7.45. The van der Waals surface area contributed by atoms with E-state index in [0.717, 1.165) is 12.8 Å². The molecule has 0 aromatic heterocycles. The Balaban J connectivity index is 2.14. The molecule has 1 aliphatic rings. The summed E-state index contributed by atoms with van der Waals surface area (Å²) in [5.41, 5.74) is 6.53. The lowest BCUT2D eigenvalue weighted by Gasteiger charge is -2.13. The van der Waals surface area contributed by atoms with Crippen molar-refractivity contribution >= 4 is 33.2 Å². The molecule has 1 aromatic rings. The second-order valence-electron chi connectivity index (χ2n) is 4.87.